The van der Waals surface area contributed by atoms with Crippen LogP contribution in [0.1, 0.15) is 55.7 Å². The van der Waals surface area contributed by atoms with E-state index in [4.69, 9.17) is 5.73 Å². The minimum atomic E-state index is -0.266. The van der Waals surface area contributed by atoms with Crippen molar-refractivity contribution in [3.8, 4) is 22.4 Å². The highest BCUT2D eigenvalue weighted by molar-refractivity contribution is 5.97. The van der Waals surface area contributed by atoms with Gasteiger partial charge in [-0.15, -0.1) is 0 Å². The predicted molar refractivity (Wildman–Crippen MR) is 131 cm³/mol. The summed E-state index contributed by atoms with van der Waals surface area (Å²) in [5.74, 6) is -0.116. The first-order chi connectivity index (χ1) is 16.3. The van der Waals surface area contributed by atoms with Crippen LogP contribution in [0.5, 0.6) is 0 Å². The summed E-state index contributed by atoms with van der Waals surface area (Å²) in [6, 6.07) is 8.26. The highest BCUT2D eigenvalue weighted by atomic mass is 16.2. The lowest BCUT2D eigenvalue weighted by Gasteiger charge is -2.30. The molecule has 1 saturated carbocycles. The second kappa shape index (κ2) is 7.63. The fraction of sp³-hybridized carbons (Fsp3) is 0.462. The SMILES string of the molecule is CC1(C)Cc2c(-c3cccc(-c4cnc(N)c(C(=O)N[C@H]5CCC6(CC6)NC5)n4)c3)cnn2C1. The van der Waals surface area contributed by atoms with E-state index in [-0.39, 0.29) is 28.9 Å². The van der Waals surface area contributed by atoms with Crippen molar-refractivity contribution in [2.45, 2.75) is 64.1 Å². The number of amides is 1. The van der Waals surface area contributed by atoms with E-state index < -0.39 is 0 Å². The quantitative estimate of drug-likeness (QED) is 0.555. The van der Waals surface area contributed by atoms with E-state index in [0.29, 0.717) is 11.2 Å². The molecule has 1 amide bonds. The molecule has 4 N–H and O–H groups in total. The molecule has 2 aliphatic heterocycles. The number of nitrogens with zero attached hydrogens (tertiary/aromatic N) is 4. The Morgan fingerprint density at radius 1 is 1.21 bits per heavy atom. The third-order valence-corrected chi connectivity index (χ3v) is 7.54. The molecule has 6 rings (SSSR count). The van der Waals surface area contributed by atoms with Crippen LogP contribution in [0.15, 0.2) is 36.7 Å². The van der Waals surface area contributed by atoms with Gasteiger partial charge in [0.2, 0.25) is 0 Å². The summed E-state index contributed by atoms with van der Waals surface area (Å²) in [4.78, 5) is 21.9. The van der Waals surface area contributed by atoms with Crippen LogP contribution < -0.4 is 16.4 Å². The Kier molecular flexibility index (Phi) is 4.78. The van der Waals surface area contributed by atoms with Crippen LogP contribution in [0, 0.1) is 5.41 Å². The highest BCUT2D eigenvalue weighted by Gasteiger charge is 2.45. The highest BCUT2D eigenvalue weighted by Crippen LogP contribution is 2.42. The number of carbonyl (C=O) groups excluding carboxylic acids is 1. The Labute approximate surface area is 199 Å². The lowest BCUT2D eigenvalue weighted by molar-refractivity contribution is 0.0921. The Hall–Kier alpha value is -3.26. The van der Waals surface area contributed by atoms with Crippen molar-refractivity contribution in [3.05, 3.63) is 48.0 Å². The van der Waals surface area contributed by atoms with Crippen LogP contribution in [0.2, 0.25) is 0 Å². The summed E-state index contributed by atoms with van der Waals surface area (Å²) in [7, 11) is 0. The van der Waals surface area contributed by atoms with Gasteiger partial charge in [-0.05, 0) is 49.1 Å². The standard InChI is InChI=1S/C26H31N7O/c1-25(2)11-21-19(13-30-33(21)15-25)16-4-3-5-17(10-16)20-14-28-23(27)22(32-20)24(34)31-18-6-7-26(8-9-26)29-12-18/h3-5,10,13-14,18,29H,6-9,11-12,15H2,1-2H3,(H2,27,28)(H,31,34)/t18-/m0/s1. The van der Waals surface area contributed by atoms with Gasteiger partial charge in [-0.1, -0.05) is 32.0 Å². The average molecular weight is 458 g/mol. The Bertz CT molecular complexity index is 1260. The molecule has 8 heteroatoms. The van der Waals surface area contributed by atoms with Crippen LogP contribution in [0.4, 0.5) is 5.82 Å². The number of nitrogens with two attached hydrogens (primary N) is 1. The van der Waals surface area contributed by atoms with Gasteiger partial charge in [0, 0.05) is 41.5 Å². The van der Waals surface area contributed by atoms with E-state index in [2.05, 4.69) is 56.4 Å². The summed E-state index contributed by atoms with van der Waals surface area (Å²) in [5, 5.41) is 11.3. The van der Waals surface area contributed by atoms with E-state index in [9.17, 15) is 4.79 Å². The third kappa shape index (κ3) is 3.86. The monoisotopic (exact) mass is 457 g/mol. The van der Waals surface area contributed by atoms with E-state index in [1.54, 1.807) is 6.20 Å². The molecule has 2 aromatic heterocycles. The van der Waals surface area contributed by atoms with Crippen molar-refractivity contribution in [1.29, 1.82) is 0 Å². The van der Waals surface area contributed by atoms with Crippen molar-refractivity contribution in [2.24, 2.45) is 5.41 Å². The number of hydrogen-bond acceptors (Lipinski definition) is 6. The van der Waals surface area contributed by atoms with Crippen molar-refractivity contribution in [3.63, 3.8) is 0 Å². The largest absolute Gasteiger partial charge is 0.382 e. The van der Waals surface area contributed by atoms with Gasteiger partial charge in [0.05, 0.1) is 18.1 Å². The Morgan fingerprint density at radius 2 is 2.03 bits per heavy atom. The zero-order chi connectivity index (χ0) is 23.5. The summed E-state index contributed by atoms with van der Waals surface area (Å²) < 4.78 is 2.11. The number of nitrogen functional groups attached to an aromatic ring is 1. The number of anilines is 1. The van der Waals surface area contributed by atoms with Crippen molar-refractivity contribution in [2.75, 3.05) is 12.3 Å². The molecule has 0 unspecified atom stereocenters. The van der Waals surface area contributed by atoms with Gasteiger partial charge in [-0.3, -0.25) is 9.48 Å². The van der Waals surface area contributed by atoms with Crippen LogP contribution in [-0.4, -0.2) is 43.8 Å². The minimum Gasteiger partial charge on any atom is -0.382 e. The molecule has 34 heavy (non-hydrogen) atoms. The van der Waals surface area contributed by atoms with Crippen molar-refractivity contribution in [1.82, 2.24) is 30.4 Å². The first-order valence-corrected chi connectivity index (χ1v) is 12.1. The number of fused-ring (bicyclic) bond motifs is 1. The maximum Gasteiger partial charge on any atom is 0.274 e. The number of aromatic nitrogens is 4. The maximum atomic E-state index is 13.0. The zero-order valence-corrected chi connectivity index (χ0v) is 19.8. The van der Waals surface area contributed by atoms with Gasteiger partial charge < -0.3 is 16.4 Å². The molecule has 1 aliphatic carbocycles. The molecule has 3 aliphatic rings. The molecule has 1 saturated heterocycles. The molecule has 0 radical (unpaired) electrons. The molecule has 2 fully saturated rings. The van der Waals surface area contributed by atoms with Gasteiger partial charge in [0.25, 0.3) is 5.91 Å². The molecular weight excluding hydrogens is 426 g/mol. The average Bonchev–Trinajstić information content (AvgIpc) is 3.36. The van der Waals surface area contributed by atoms with Crippen molar-refractivity contribution < 1.29 is 4.79 Å². The van der Waals surface area contributed by atoms with Gasteiger partial charge in [0.15, 0.2) is 11.5 Å². The lowest BCUT2D eigenvalue weighted by atomic mass is 9.89. The van der Waals surface area contributed by atoms with Crippen LogP contribution in [0.3, 0.4) is 0 Å². The van der Waals surface area contributed by atoms with Crippen LogP contribution in [0.25, 0.3) is 22.4 Å². The zero-order valence-electron chi connectivity index (χ0n) is 19.8. The first kappa shape index (κ1) is 21.3. The number of carbonyl (C=O) groups is 1. The Balaban J connectivity index is 1.24. The molecular formula is C26H31N7O. The number of nitrogens with one attached hydrogen (secondary N) is 2. The smallest absolute Gasteiger partial charge is 0.274 e. The predicted octanol–water partition coefficient (Wildman–Crippen LogP) is 3.19. The molecule has 1 aromatic carbocycles. The molecule has 0 bridgehead atoms. The molecule has 1 atom stereocenters. The number of rotatable bonds is 4. The molecule has 8 nitrogen and oxygen atoms in total. The maximum absolute atomic E-state index is 13.0. The van der Waals surface area contributed by atoms with Gasteiger partial charge >= 0.3 is 0 Å². The summed E-state index contributed by atoms with van der Waals surface area (Å²) >= 11 is 0. The fourth-order valence-corrected chi connectivity index (χ4v) is 5.38. The lowest BCUT2D eigenvalue weighted by Crippen LogP contribution is -2.50. The van der Waals surface area contributed by atoms with Crippen molar-refractivity contribution >= 4 is 11.7 Å². The minimum absolute atomic E-state index is 0.0839. The van der Waals surface area contributed by atoms with Crippen LogP contribution in [-0.2, 0) is 13.0 Å². The van der Waals surface area contributed by atoms with E-state index in [0.717, 1.165) is 49.0 Å². The first-order valence-electron chi connectivity index (χ1n) is 12.1. The summed E-state index contributed by atoms with van der Waals surface area (Å²) in [6.45, 7) is 6.26. The normalized spacial score (nSPS) is 21.9. The second-order valence-corrected chi connectivity index (χ2v) is 10.9. The number of hydrogen-bond donors (Lipinski definition) is 3. The molecule has 4 heterocycles. The molecule has 176 valence electrons. The Morgan fingerprint density at radius 3 is 2.79 bits per heavy atom. The van der Waals surface area contributed by atoms with E-state index >= 15 is 0 Å². The molecule has 1 spiro atoms. The number of benzene rings is 1. The van der Waals surface area contributed by atoms with Gasteiger partial charge in [0.1, 0.15) is 0 Å². The topological polar surface area (TPSA) is 111 Å². The fourth-order valence-electron chi connectivity index (χ4n) is 5.38. The number of piperidine rings is 1. The van der Waals surface area contributed by atoms with Gasteiger partial charge in [-0.2, -0.15) is 5.10 Å². The van der Waals surface area contributed by atoms with Gasteiger partial charge in [-0.25, -0.2) is 9.97 Å². The second-order valence-electron chi connectivity index (χ2n) is 10.9. The van der Waals surface area contributed by atoms with E-state index in [1.165, 1.54) is 18.5 Å². The molecule has 3 aromatic rings. The van der Waals surface area contributed by atoms with Crippen LogP contribution >= 0.6 is 0 Å². The third-order valence-electron chi connectivity index (χ3n) is 7.54. The summed E-state index contributed by atoms with van der Waals surface area (Å²) in [5.41, 5.74) is 11.8. The summed E-state index contributed by atoms with van der Waals surface area (Å²) in [6.07, 6.45) is 9.13. The van der Waals surface area contributed by atoms with E-state index in [1.807, 2.05) is 18.3 Å².